The third kappa shape index (κ3) is 5.11. The SMILES string of the molecule is COc1ccc(N(C(C)C(=O)Nc2ccc(N3CCCC3=O)cc2)S(C)(=O)=O)cc1Cl. The van der Waals surface area contributed by atoms with Crippen LogP contribution < -0.4 is 19.3 Å². The molecule has 1 saturated heterocycles. The lowest BCUT2D eigenvalue weighted by atomic mass is 10.2. The Bertz CT molecular complexity index is 1090. The van der Waals surface area contributed by atoms with Crippen LogP contribution >= 0.6 is 11.6 Å². The van der Waals surface area contributed by atoms with E-state index < -0.39 is 22.0 Å². The predicted octanol–water partition coefficient (Wildman–Crippen LogP) is 3.27. The Labute approximate surface area is 186 Å². The summed E-state index contributed by atoms with van der Waals surface area (Å²) in [5.41, 5.74) is 1.51. The molecule has 31 heavy (non-hydrogen) atoms. The fourth-order valence-electron chi connectivity index (χ4n) is 3.49. The minimum absolute atomic E-state index is 0.0763. The van der Waals surface area contributed by atoms with E-state index >= 15 is 0 Å². The molecule has 3 rings (SSSR count). The molecule has 166 valence electrons. The number of hydrogen-bond acceptors (Lipinski definition) is 5. The second-order valence-corrected chi connectivity index (χ2v) is 9.51. The first-order chi connectivity index (χ1) is 14.6. The largest absolute Gasteiger partial charge is 0.495 e. The van der Waals surface area contributed by atoms with Gasteiger partial charge in [-0.25, -0.2) is 8.42 Å². The van der Waals surface area contributed by atoms with Crippen LogP contribution in [-0.2, 0) is 19.6 Å². The van der Waals surface area contributed by atoms with E-state index in [0.29, 0.717) is 24.4 Å². The third-order valence-electron chi connectivity index (χ3n) is 5.00. The lowest BCUT2D eigenvalue weighted by Gasteiger charge is -2.28. The number of benzene rings is 2. The number of methoxy groups -OCH3 is 1. The zero-order valence-electron chi connectivity index (χ0n) is 17.5. The van der Waals surface area contributed by atoms with Crippen LogP contribution in [0.1, 0.15) is 19.8 Å². The van der Waals surface area contributed by atoms with Crippen LogP contribution in [0.25, 0.3) is 0 Å². The predicted molar refractivity (Wildman–Crippen MR) is 121 cm³/mol. The molecule has 1 heterocycles. The monoisotopic (exact) mass is 465 g/mol. The number of ether oxygens (including phenoxy) is 1. The zero-order valence-corrected chi connectivity index (χ0v) is 19.0. The van der Waals surface area contributed by atoms with Crippen molar-refractivity contribution in [1.29, 1.82) is 0 Å². The van der Waals surface area contributed by atoms with Gasteiger partial charge in [0.2, 0.25) is 21.8 Å². The Kier molecular flexibility index (Phi) is 6.76. The number of nitrogens with zero attached hydrogens (tertiary/aromatic N) is 2. The Hall–Kier alpha value is -2.78. The van der Waals surface area contributed by atoms with Crippen molar-refractivity contribution in [3.63, 3.8) is 0 Å². The molecule has 8 nitrogen and oxygen atoms in total. The molecule has 1 fully saturated rings. The van der Waals surface area contributed by atoms with Gasteiger partial charge in [-0.05, 0) is 55.8 Å². The first-order valence-electron chi connectivity index (χ1n) is 9.66. The van der Waals surface area contributed by atoms with Crippen molar-refractivity contribution in [2.45, 2.75) is 25.8 Å². The van der Waals surface area contributed by atoms with Crippen molar-refractivity contribution in [3.8, 4) is 5.75 Å². The number of rotatable bonds is 7. The van der Waals surface area contributed by atoms with Gasteiger partial charge in [-0.3, -0.25) is 13.9 Å². The van der Waals surface area contributed by atoms with Gasteiger partial charge in [-0.15, -0.1) is 0 Å². The Balaban J connectivity index is 1.79. The number of sulfonamides is 1. The Morgan fingerprint density at radius 1 is 1.23 bits per heavy atom. The summed E-state index contributed by atoms with van der Waals surface area (Å²) < 4.78 is 31.0. The average Bonchev–Trinajstić information content (AvgIpc) is 3.13. The molecular formula is C21H24ClN3O5S. The Morgan fingerprint density at radius 2 is 1.90 bits per heavy atom. The normalized spacial score (nSPS) is 15.0. The van der Waals surface area contributed by atoms with Crippen LogP contribution in [0, 0.1) is 0 Å². The van der Waals surface area contributed by atoms with E-state index in [2.05, 4.69) is 5.32 Å². The summed E-state index contributed by atoms with van der Waals surface area (Å²) in [6.45, 7) is 2.17. The van der Waals surface area contributed by atoms with Gasteiger partial charge in [0.25, 0.3) is 0 Å². The third-order valence-corrected chi connectivity index (χ3v) is 6.54. The maximum absolute atomic E-state index is 12.8. The van der Waals surface area contributed by atoms with E-state index in [-0.39, 0.29) is 16.6 Å². The standard InChI is InChI=1S/C21H24ClN3O5S/c1-14(25(31(3,28)29)17-10-11-19(30-2)18(22)13-17)21(27)23-15-6-8-16(9-7-15)24-12-4-5-20(24)26/h6-11,13-14H,4-5,12H2,1-3H3,(H,23,27). The minimum Gasteiger partial charge on any atom is -0.495 e. The number of carbonyl (C=O) groups is 2. The van der Waals surface area contributed by atoms with Gasteiger partial charge >= 0.3 is 0 Å². The number of nitrogens with one attached hydrogen (secondary N) is 1. The van der Waals surface area contributed by atoms with Gasteiger partial charge in [0.05, 0.1) is 24.1 Å². The Morgan fingerprint density at radius 3 is 2.42 bits per heavy atom. The van der Waals surface area contributed by atoms with Gasteiger partial charge in [0.1, 0.15) is 11.8 Å². The molecule has 1 aliphatic heterocycles. The van der Waals surface area contributed by atoms with Gasteiger partial charge < -0.3 is 15.0 Å². The van der Waals surface area contributed by atoms with E-state index in [1.165, 1.54) is 26.2 Å². The first-order valence-corrected chi connectivity index (χ1v) is 11.9. The second kappa shape index (κ2) is 9.15. The highest BCUT2D eigenvalue weighted by Crippen LogP contribution is 2.31. The van der Waals surface area contributed by atoms with Crippen molar-refractivity contribution in [3.05, 3.63) is 47.5 Å². The molecule has 2 aromatic carbocycles. The molecule has 1 atom stereocenters. The van der Waals surface area contributed by atoms with Crippen molar-refractivity contribution < 1.29 is 22.7 Å². The van der Waals surface area contributed by atoms with Crippen molar-refractivity contribution in [1.82, 2.24) is 0 Å². The summed E-state index contributed by atoms with van der Waals surface area (Å²) in [6, 6.07) is 10.3. The van der Waals surface area contributed by atoms with Gasteiger partial charge in [-0.2, -0.15) is 0 Å². The molecule has 2 amide bonds. The fraction of sp³-hybridized carbons (Fsp3) is 0.333. The van der Waals surface area contributed by atoms with Crippen LogP contribution in [-0.4, -0.2) is 46.2 Å². The molecule has 1 unspecified atom stereocenters. The summed E-state index contributed by atoms with van der Waals surface area (Å²) in [7, 11) is -2.33. The molecule has 0 saturated carbocycles. The van der Waals surface area contributed by atoms with E-state index in [0.717, 1.165) is 22.7 Å². The van der Waals surface area contributed by atoms with E-state index in [1.54, 1.807) is 35.2 Å². The number of hydrogen-bond donors (Lipinski definition) is 1. The fourth-order valence-corrected chi connectivity index (χ4v) is 4.91. The molecule has 10 heteroatoms. The maximum Gasteiger partial charge on any atom is 0.247 e. The van der Waals surface area contributed by atoms with Gasteiger partial charge in [0, 0.05) is 24.3 Å². The summed E-state index contributed by atoms with van der Waals surface area (Å²) in [5.74, 6) is -0.0396. The summed E-state index contributed by atoms with van der Waals surface area (Å²) in [4.78, 5) is 26.4. The molecular weight excluding hydrogens is 442 g/mol. The van der Waals surface area contributed by atoms with Crippen LogP contribution in [0.4, 0.5) is 17.1 Å². The summed E-state index contributed by atoms with van der Waals surface area (Å²) >= 11 is 6.14. The lowest BCUT2D eigenvalue weighted by Crippen LogP contribution is -2.45. The van der Waals surface area contributed by atoms with Gasteiger partial charge in [0.15, 0.2) is 0 Å². The number of carbonyl (C=O) groups excluding carboxylic acids is 2. The highest BCUT2D eigenvalue weighted by molar-refractivity contribution is 7.92. The number of amides is 2. The average molecular weight is 466 g/mol. The number of halogens is 1. The van der Waals surface area contributed by atoms with Crippen LogP contribution in [0.2, 0.25) is 5.02 Å². The first kappa shape index (κ1) is 22.9. The maximum atomic E-state index is 12.8. The van der Waals surface area contributed by atoms with E-state index in [4.69, 9.17) is 16.3 Å². The highest BCUT2D eigenvalue weighted by atomic mass is 35.5. The molecule has 0 radical (unpaired) electrons. The van der Waals surface area contributed by atoms with Crippen LogP contribution in [0.15, 0.2) is 42.5 Å². The van der Waals surface area contributed by atoms with Crippen molar-refractivity contribution in [2.75, 3.05) is 34.4 Å². The molecule has 2 aromatic rings. The smallest absolute Gasteiger partial charge is 0.247 e. The van der Waals surface area contributed by atoms with Crippen LogP contribution in [0.5, 0.6) is 5.75 Å². The molecule has 0 aliphatic carbocycles. The van der Waals surface area contributed by atoms with Crippen LogP contribution in [0.3, 0.4) is 0 Å². The molecule has 0 aromatic heterocycles. The van der Waals surface area contributed by atoms with Crippen molar-refractivity contribution >= 4 is 50.5 Å². The summed E-state index contributed by atoms with van der Waals surface area (Å²) in [6.07, 6.45) is 2.38. The molecule has 1 aliphatic rings. The molecule has 1 N–H and O–H groups in total. The van der Waals surface area contributed by atoms with Gasteiger partial charge in [-0.1, -0.05) is 11.6 Å². The van der Waals surface area contributed by atoms with E-state index in [1.807, 2.05) is 0 Å². The topological polar surface area (TPSA) is 96.0 Å². The lowest BCUT2D eigenvalue weighted by molar-refractivity contribution is -0.117. The molecule has 0 bridgehead atoms. The highest BCUT2D eigenvalue weighted by Gasteiger charge is 2.30. The number of anilines is 3. The summed E-state index contributed by atoms with van der Waals surface area (Å²) in [5, 5.41) is 2.95. The second-order valence-electron chi connectivity index (χ2n) is 7.24. The molecule has 0 spiro atoms. The quantitative estimate of drug-likeness (QED) is 0.677. The minimum atomic E-state index is -3.79. The van der Waals surface area contributed by atoms with E-state index in [9.17, 15) is 18.0 Å². The zero-order chi connectivity index (χ0) is 22.8. The van der Waals surface area contributed by atoms with Crippen molar-refractivity contribution in [2.24, 2.45) is 0 Å².